The standard InChI is InChI=1S/C17H20N8OS2/c18-9-11-12(21-22-15(11)19)5-2-1-3-7-20-14(26)10-25-16(23-24-17(25)27)13-6-4-8-28-13/h4,6,8H,1-3,5,7,10H2,(H,20,26)(H,24,27)(H3,19,21,22). The summed E-state index contributed by atoms with van der Waals surface area (Å²) in [7, 11) is 0. The predicted octanol–water partition coefficient (Wildman–Crippen LogP) is 2.38. The molecule has 28 heavy (non-hydrogen) atoms. The fourth-order valence-corrected chi connectivity index (χ4v) is 3.71. The molecular formula is C17H20N8OS2. The van der Waals surface area contributed by atoms with E-state index < -0.39 is 0 Å². The highest BCUT2D eigenvalue weighted by Crippen LogP contribution is 2.22. The van der Waals surface area contributed by atoms with Gasteiger partial charge >= 0.3 is 0 Å². The second kappa shape index (κ2) is 9.29. The van der Waals surface area contributed by atoms with Crippen LogP contribution < -0.4 is 11.1 Å². The number of hydrogen-bond acceptors (Lipinski definition) is 7. The molecule has 0 radical (unpaired) electrons. The van der Waals surface area contributed by atoms with E-state index in [-0.39, 0.29) is 18.3 Å². The number of nitrogens with zero attached hydrogens (tertiary/aromatic N) is 4. The minimum absolute atomic E-state index is 0.108. The number of nitrogens with two attached hydrogens (primary N) is 1. The van der Waals surface area contributed by atoms with Crippen LogP contribution in [0.25, 0.3) is 10.7 Å². The van der Waals surface area contributed by atoms with Crippen LogP contribution in [0.5, 0.6) is 0 Å². The number of H-pyrrole nitrogens is 2. The minimum atomic E-state index is -0.108. The Hall–Kier alpha value is -2.97. The van der Waals surface area contributed by atoms with Gasteiger partial charge in [-0.2, -0.15) is 15.5 Å². The molecule has 5 N–H and O–H groups in total. The van der Waals surface area contributed by atoms with Crippen molar-refractivity contribution in [2.24, 2.45) is 0 Å². The molecule has 1 amide bonds. The molecule has 0 bridgehead atoms. The number of thiophene rings is 1. The molecule has 9 nitrogen and oxygen atoms in total. The van der Waals surface area contributed by atoms with Crippen molar-refractivity contribution in [1.82, 2.24) is 30.3 Å². The van der Waals surface area contributed by atoms with Gasteiger partial charge in [0.15, 0.2) is 16.4 Å². The molecule has 0 spiro atoms. The molecule has 146 valence electrons. The van der Waals surface area contributed by atoms with Crippen LogP contribution in [0.1, 0.15) is 30.5 Å². The van der Waals surface area contributed by atoms with Crippen molar-refractivity contribution in [2.75, 3.05) is 12.3 Å². The molecule has 3 rings (SSSR count). The smallest absolute Gasteiger partial charge is 0.240 e. The SMILES string of the molecule is N#Cc1c(N)n[nH]c1CCCCCNC(=O)Cn1c(-c2cccs2)n[nH]c1=S. The monoisotopic (exact) mass is 416 g/mol. The minimum Gasteiger partial charge on any atom is -0.381 e. The molecule has 3 aromatic rings. The van der Waals surface area contributed by atoms with E-state index >= 15 is 0 Å². The van der Waals surface area contributed by atoms with E-state index in [0.29, 0.717) is 29.1 Å². The quantitative estimate of drug-likeness (QED) is 0.312. The normalized spacial score (nSPS) is 10.7. The van der Waals surface area contributed by atoms with E-state index in [9.17, 15) is 4.79 Å². The summed E-state index contributed by atoms with van der Waals surface area (Å²) < 4.78 is 2.12. The largest absolute Gasteiger partial charge is 0.381 e. The zero-order valence-electron chi connectivity index (χ0n) is 15.1. The highest BCUT2D eigenvalue weighted by atomic mass is 32.1. The van der Waals surface area contributed by atoms with E-state index in [0.717, 1.165) is 29.8 Å². The molecule has 0 aliphatic rings. The van der Waals surface area contributed by atoms with Crippen LogP contribution >= 0.6 is 23.6 Å². The maximum atomic E-state index is 12.2. The van der Waals surface area contributed by atoms with Crippen LogP contribution in [0.2, 0.25) is 0 Å². The fraction of sp³-hybridized carbons (Fsp3) is 0.353. The van der Waals surface area contributed by atoms with Crippen LogP contribution in [0.3, 0.4) is 0 Å². The Morgan fingerprint density at radius 2 is 2.21 bits per heavy atom. The number of aryl methyl sites for hydroxylation is 1. The lowest BCUT2D eigenvalue weighted by Crippen LogP contribution is -2.28. The number of carbonyl (C=O) groups excluding carboxylic acids is 1. The molecule has 0 fully saturated rings. The summed E-state index contributed by atoms with van der Waals surface area (Å²) in [6.45, 7) is 0.704. The highest BCUT2D eigenvalue weighted by molar-refractivity contribution is 7.71. The van der Waals surface area contributed by atoms with Gasteiger partial charge in [0.25, 0.3) is 0 Å². The third-order valence-corrected chi connectivity index (χ3v) is 5.39. The number of hydrogen-bond donors (Lipinski definition) is 4. The topological polar surface area (TPSA) is 141 Å². The van der Waals surface area contributed by atoms with Gasteiger partial charge in [-0.05, 0) is 42.9 Å². The third-order valence-electron chi connectivity index (χ3n) is 4.21. The molecule has 3 heterocycles. The number of amides is 1. The van der Waals surface area contributed by atoms with Gasteiger partial charge in [-0.15, -0.1) is 11.3 Å². The van der Waals surface area contributed by atoms with Crippen LogP contribution in [-0.2, 0) is 17.8 Å². The molecule has 0 saturated heterocycles. The average Bonchev–Trinajstić information content (AvgIpc) is 3.40. The van der Waals surface area contributed by atoms with E-state index in [1.165, 1.54) is 0 Å². The average molecular weight is 417 g/mol. The van der Waals surface area contributed by atoms with Crippen molar-refractivity contribution in [3.8, 4) is 16.8 Å². The van der Waals surface area contributed by atoms with E-state index in [2.05, 4.69) is 31.8 Å². The van der Waals surface area contributed by atoms with Gasteiger partial charge < -0.3 is 11.1 Å². The molecule has 3 aromatic heterocycles. The Morgan fingerprint density at radius 1 is 1.36 bits per heavy atom. The maximum absolute atomic E-state index is 12.2. The summed E-state index contributed by atoms with van der Waals surface area (Å²) >= 11 is 6.78. The summed E-state index contributed by atoms with van der Waals surface area (Å²) in [5.74, 6) is 0.801. The lowest BCUT2D eigenvalue weighted by molar-refractivity contribution is -0.121. The Bertz CT molecular complexity index is 1020. The van der Waals surface area contributed by atoms with Crippen LogP contribution in [-0.4, -0.2) is 37.4 Å². The Kier molecular flexibility index (Phi) is 6.57. The zero-order valence-corrected chi connectivity index (χ0v) is 16.7. The Labute approximate surface area is 170 Å². The first kappa shape index (κ1) is 19.8. The number of rotatable bonds is 9. The number of aromatic nitrogens is 5. The molecule has 0 atom stereocenters. The van der Waals surface area contributed by atoms with Crippen molar-refractivity contribution < 1.29 is 4.79 Å². The van der Waals surface area contributed by atoms with Crippen molar-refractivity contribution in [3.05, 3.63) is 33.5 Å². The number of nitrogens with one attached hydrogen (secondary N) is 3. The van der Waals surface area contributed by atoms with E-state index in [1.807, 2.05) is 17.5 Å². The number of anilines is 1. The molecule has 0 aliphatic carbocycles. The highest BCUT2D eigenvalue weighted by Gasteiger charge is 2.13. The van der Waals surface area contributed by atoms with Crippen LogP contribution in [0.15, 0.2) is 17.5 Å². The molecular weight excluding hydrogens is 396 g/mol. The van der Waals surface area contributed by atoms with E-state index in [1.54, 1.807) is 15.9 Å². The molecule has 0 aromatic carbocycles. The van der Waals surface area contributed by atoms with E-state index in [4.69, 9.17) is 23.2 Å². The van der Waals surface area contributed by atoms with Crippen LogP contribution in [0.4, 0.5) is 5.82 Å². The van der Waals surface area contributed by atoms with Crippen molar-refractivity contribution in [2.45, 2.75) is 32.2 Å². The molecule has 11 heteroatoms. The van der Waals surface area contributed by atoms with Crippen molar-refractivity contribution >= 4 is 35.3 Å². The third kappa shape index (κ3) is 4.65. The number of unbranched alkanes of at least 4 members (excludes halogenated alkanes) is 2. The van der Waals surface area contributed by atoms with Gasteiger partial charge in [0.1, 0.15) is 18.2 Å². The first-order valence-corrected chi connectivity index (χ1v) is 10.1. The van der Waals surface area contributed by atoms with Gasteiger partial charge in [0.2, 0.25) is 5.91 Å². The number of aromatic amines is 2. The molecule has 0 saturated carbocycles. The summed E-state index contributed by atoms with van der Waals surface area (Å²) in [6.07, 6.45) is 3.33. The maximum Gasteiger partial charge on any atom is 0.240 e. The first-order valence-electron chi connectivity index (χ1n) is 8.78. The first-order chi connectivity index (χ1) is 13.6. The number of carbonyl (C=O) groups is 1. The van der Waals surface area contributed by atoms with Gasteiger partial charge in [0.05, 0.1) is 10.6 Å². The number of nitriles is 1. The van der Waals surface area contributed by atoms with Crippen molar-refractivity contribution in [3.63, 3.8) is 0 Å². The second-order valence-electron chi connectivity index (χ2n) is 6.15. The summed E-state index contributed by atoms with van der Waals surface area (Å²) in [5, 5.41) is 27.5. The van der Waals surface area contributed by atoms with Crippen molar-refractivity contribution in [1.29, 1.82) is 5.26 Å². The van der Waals surface area contributed by atoms with Gasteiger partial charge in [-0.25, -0.2) is 0 Å². The van der Waals surface area contributed by atoms with Crippen LogP contribution in [0, 0.1) is 16.1 Å². The summed E-state index contributed by atoms with van der Waals surface area (Å²) in [4.78, 5) is 13.2. The molecule has 0 unspecified atom stereocenters. The Morgan fingerprint density at radius 3 is 2.96 bits per heavy atom. The predicted molar refractivity (Wildman–Crippen MR) is 109 cm³/mol. The molecule has 0 aliphatic heterocycles. The number of nitrogen functional groups attached to an aromatic ring is 1. The summed E-state index contributed by atoms with van der Waals surface area (Å²) in [6, 6.07) is 5.93. The van der Waals surface area contributed by atoms with Gasteiger partial charge in [0, 0.05) is 6.54 Å². The fourth-order valence-electron chi connectivity index (χ4n) is 2.79. The Balaban J connectivity index is 1.41. The summed E-state index contributed by atoms with van der Waals surface area (Å²) in [5.41, 5.74) is 6.80. The lowest BCUT2D eigenvalue weighted by Gasteiger charge is -2.07. The van der Waals surface area contributed by atoms with Gasteiger partial charge in [-0.1, -0.05) is 12.5 Å². The second-order valence-corrected chi connectivity index (χ2v) is 7.49. The van der Waals surface area contributed by atoms with Gasteiger partial charge in [-0.3, -0.25) is 19.6 Å². The zero-order chi connectivity index (χ0) is 19.9. The lowest BCUT2D eigenvalue weighted by atomic mass is 10.1.